The van der Waals surface area contributed by atoms with Gasteiger partial charge in [-0.25, -0.2) is 9.18 Å². The zero-order chi connectivity index (χ0) is 29.8. The fraction of sp³-hybridized carbons (Fsp3) is 0.483. The maximum absolute atomic E-state index is 15.1. The Morgan fingerprint density at radius 1 is 1.33 bits per heavy atom. The highest BCUT2D eigenvalue weighted by molar-refractivity contribution is 8.00. The Morgan fingerprint density at radius 3 is 2.95 bits per heavy atom. The average molecular weight is 601 g/mol. The first-order chi connectivity index (χ1) is 20.2. The first kappa shape index (κ1) is 30.1. The van der Waals surface area contributed by atoms with Crippen LogP contribution in [0.1, 0.15) is 12.8 Å². The van der Waals surface area contributed by atoms with Crippen LogP contribution in [0.2, 0.25) is 0 Å². The van der Waals surface area contributed by atoms with Crippen molar-refractivity contribution in [1.82, 2.24) is 15.1 Å². The molecule has 3 unspecified atom stereocenters. The number of methoxy groups -OCH3 is 1. The summed E-state index contributed by atoms with van der Waals surface area (Å²) in [5, 5.41) is 16.8. The van der Waals surface area contributed by atoms with Gasteiger partial charge in [0.25, 0.3) is 0 Å². The third-order valence-electron chi connectivity index (χ3n) is 7.40. The number of allylic oxidation sites excluding steroid dienone is 3. The molecule has 4 aliphatic heterocycles. The minimum Gasteiger partial charge on any atom is -0.482 e. The third kappa shape index (κ3) is 6.80. The van der Waals surface area contributed by atoms with E-state index in [9.17, 15) is 14.7 Å². The summed E-state index contributed by atoms with van der Waals surface area (Å²) in [6.45, 7) is 2.00. The molecule has 0 spiro atoms. The summed E-state index contributed by atoms with van der Waals surface area (Å²) in [6, 6.07) is 5.08. The van der Waals surface area contributed by atoms with E-state index in [4.69, 9.17) is 9.47 Å². The van der Waals surface area contributed by atoms with Crippen LogP contribution in [0.3, 0.4) is 0 Å². The van der Waals surface area contributed by atoms with Crippen molar-refractivity contribution in [3.63, 3.8) is 0 Å². The van der Waals surface area contributed by atoms with Gasteiger partial charge in [-0.1, -0.05) is 0 Å². The standard InChI is InChI=1S/C29H37FN6O5S/c1-34(2)14-19(37)15-36-27(40-3)9-7-23-28(36)21(22(30)13-32-23)12-31-10-4-5-20-16-35(29(39)41-20)18-6-8-25-24(11-18)33-26(38)17-42-25/h6-9,11,13,19-20,28,31,37H,4-5,10,12,14-17H2,1-3H3,(H,33,38). The Bertz CT molecular complexity index is 1330. The molecule has 2 amide bonds. The minimum absolute atomic E-state index is 0.0591. The van der Waals surface area contributed by atoms with Crippen molar-refractivity contribution in [2.75, 3.05) is 69.9 Å². The predicted octanol–water partition coefficient (Wildman–Crippen LogP) is 2.71. The largest absolute Gasteiger partial charge is 0.482 e. The Kier molecular flexibility index (Phi) is 9.51. The first-order valence-electron chi connectivity index (χ1n) is 14.0. The Hall–Kier alpha value is -3.39. The van der Waals surface area contributed by atoms with Gasteiger partial charge in [-0.2, -0.15) is 0 Å². The highest BCUT2D eigenvalue weighted by atomic mass is 32.2. The lowest BCUT2D eigenvalue weighted by atomic mass is 9.95. The van der Waals surface area contributed by atoms with Gasteiger partial charge in [-0.3, -0.25) is 14.7 Å². The summed E-state index contributed by atoms with van der Waals surface area (Å²) in [4.78, 5) is 35.0. The van der Waals surface area contributed by atoms with E-state index in [2.05, 4.69) is 15.6 Å². The fourth-order valence-corrected chi connectivity index (χ4v) is 6.31. The highest BCUT2D eigenvalue weighted by Crippen LogP contribution is 2.36. The molecule has 1 fully saturated rings. The summed E-state index contributed by atoms with van der Waals surface area (Å²) in [5.74, 6) is 0.454. The van der Waals surface area contributed by atoms with Crippen molar-refractivity contribution in [3.05, 3.63) is 53.3 Å². The van der Waals surface area contributed by atoms with Gasteiger partial charge in [0.05, 0.1) is 49.2 Å². The van der Waals surface area contributed by atoms with Gasteiger partial charge < -0.3 is 35.0 Å². The van der Waals surface area contributed by atoms with E-state index in [-0.39, 0.29) is 25.1 Å². The van der Waals surface area contributed by atoms with E-state index < -0.39 is 24.1 Å². The second-order valence-corrected chi connectivity index (χ2v) is 11.9. The number of carbonyl (C=O) groups is 2. The number of aliphatic hydroxyl groups is 1. The predicted molar refractivity (Wildman–Crippen MR) is 160 cm³/mol. The van der Waals surface area contributed by atoms with Gasteiger partial charge >= 0.3 is 6.09 Å². The SMILES string of the molecule is COC1=CC=C2N=CC(F)=C(CNCCCC3CN(c4ccc5c(c4)NC(=O)CS5)C(=O)O3)C2N1CC(O)CN(C)C. The normalized spacial score (nSPS) is 22.4. The van der Waals surface area contributed by atoms with E-state index in [1.807, 2.05) is 42.1 Å². The van der Waals surface area contributed by atoms with Crippen LogP contribution in [0.4, 0.5) is 20.6 Å². The molecule has 0 aliphatic carbocycles. The summed E-state index contributed by atoms with van der Waals surface area (Å²) in [5.41, 5.74) is 2.60. The average Bonchev–Trinajstić information content (AvgIpc) is 3.33. The minimum atomic E-state index is -0.672. The van der Waals surface area contributed by atoms with Crippen molar-refractivity contribution < 1.29 is 28.6 Å². The quantitative estimate of drug-likeness (QED) is 0.311. The summed E-state index contributed by atoms with van der Waals surface area (Å²) >= 11 is 1.47. The van der Waals surface area contributed by atoms with Gasteiger partial charge in [0, 0.05) is 35.8 Å². The van der Waals surface area contributed by atoms with Crippen molar-refractivity contribution >= 4 is 41.4 Å². The lowest BCUT2D eigenvalue weighted by Gasteiger charge is -2.40. The Morgan fingerprint density at radius 2 is 2.17 bits per heavy atom. The highest BCUT2D eigenvalue weighted by Gasteiger charge is 2.36. The number of aliphatic hydroxyl groups excluding tert-OH is 1. The Balaban J connectivity index is 1.14. The van der Waals surface area contributed by atoms with Crippen molar-refractivity contribution in [3.8, 4) is 0 Å². The number of carbonyl (C=O) groups excluding carboxylic acids is 2. The number of rotatable bonds is 12. The van der Waals surface area contributed by atoms with Crippen LogP contribution in [-0.2, 0) is 14.3 Å². The molecule has 3 atom stereocenters. The topological polar surface area (TPSA) is 119 Å². The smallest absolute Gasteiger partial charge is 0.414 e. The number of dihydropyridines is 1. The first-order valence-corrected chi connectivity index (χ1v) is 15.0. The number of β-amino-alcohol motifs (C(OH)–C–C–N with tert-alkyl or cyclic N) is 1. The number of nitrogens with one attached hydrogen (secondary N) is 2. The molecule has 0 bridgehead atoms. The number of aliphatic imine (C=N–C) groups is 1. The van der Waals surface area contributed by atoms with Crippen LogP contribution < -0.4 is 15.5 Å². The van der Waals surface area contributed by atoms with Crippen LogP contribution in [-0.4, -0.2) is 111 Å². The van der Waals surface area contributed by atoms with Gasteiger partial charge in [-0.15, -0.1) is 11.8 Å². The number of hydrogen-bond donors (Lipinski definition) is 3. The molecule has 1 aromatic carbocycles. The molecule has 4 aliphatic rings. The fourth-order valence-electron chi connectivity index (χ4n) is 5.52. The van der Waals surface area contributed by atoms with Crippen LogP contribution in [0.5, 0.6) is 0 Å². The molecule has 0 radical (unpaired) electrons. The van der Waals surface area contributed by atoms with Crippen molar-refractivity contribution in [2.24, 2.45) is 4.99 Å². The molecule has 3 N–H and O–H groups in total. The van der Waals surface area contributed by atoms with Gasteiger partial charge in [0.2, 0.25) is 5.91 Å². The zero-order valence-electron chi connectivity index (χ0n) is 24.0. The summed E-state index contributed by atoms with van der Waals surface area (Å²) in [6.07, 6.45) is 4.84. The van der Waals surface area contributed by atoms with Gasteiger partial charge in [0.15, 0.2) is 5.88 Å². The lowest BCUT2D eigenvalue weighted by Crippen LogP contribution is -2.48. The van der Waals surface area contributed by atoms with E-state index >= 15 is 4.39 Å². The van der Waals surface area contributed by atoms with Crippen LogP contribution in [0, 0.1) is 0 Å². The molecule has 11 nitrogen and oxygen atoms in total. The van der Waals surface area contributed by atoms with Crippen LogP contribution in [0.25, 0.3) is 0 Å². The molecular weight excluding hydrogens is 563 g/mol. The number of likely N-dealkylation sites (N-methyl/N-ethyl adjacent to an activating group) is 1. The molecule has 0 aromatic heterocycles. The number of nitrogens with zero attached hydrogens (tertiary/aromatic N) is 4. The number of halogens is 1. The molecule has 1 saturated heterocycles. The van der Waals surface area contributed by atoms with E-state index in [1.54, 1.807) is 24.2 Å². The maximum Gasteiger partial charge on any atom is 0.414 e. The van der Waals surface area contributed by atoms with Gasteiger partial charge in [-0.05, 0) is 63.8 Å². The molecule has 42 heavy (non-hydrogen) atoms. The number of thioether (sulfide) groups is 1. The van der Waals surface area contributed by atoms with Crippen LogP contribution >= 0.6 is 11.8 Å². The monoisotopic (exact) mass is 600 g/mol. The van der Waals surface area contributed by atoms with E-state index in [0.29, 0.717) is 66.8 Å². The van der Waals surface area contributed by atoms with E-state index in [1.165, 1.54) is 18.0 Å². The van der Waals surface area contributed by atoms with Crippen molar-refractivity contribution in [2.45, 2.75) is 36.0 Å². The zero-order valence-corrected chi connectivity index (χ0v) is 24.8. The molecule has 13 heteroatoms. The van der Waals surface area contributed by atoms with E-state index in [0.717, 1.165) is 4.90 Å². The lowest BCUT2D eigenvalue weighted by molar-refractivity contribution is -0.113. The second-order valence-electron chi connectivity index (χ2n) is 10.9. The summed E-state index contributed by atoms with van der Waals surface area (Å²) in [7, 11) is 5.32. The molecule has 4 heterocycles. The number of anilines is 2. The second kappa shape index (κ2) is 13.3. The van der Waals surface area contributed by atoms with Crippen molar-refractivity contribution in [1.29, 1.82) is 0 Å². The molecule has 1 aromatic rings. The molecule has 0 saturated carbocycles. The van der Waals surface area contributed by atoms with Gasteiger partial charge in [0.1, 0.15) is 11.9 Å². The number of hydrogen-bond acceptors (Lipinski definition) is 10. The summed E-state index contributed by atoms with van der Waals surface area (Å²) < 4.78 is 26.3. The number of fused-ring (bicyclic) bond motifs is 2. The number of ether oxygens (including phenoxy) is 2. The number of amides is 2. The van der Waals surface area contributed by atoms with Crippen LogP contribution in [0.15, 0.2) is 63.2 Å². The number of benzene rings is 1. The maximum atomic E-state index is 15.1. The third-order valence-corrected chi connectivity index (χ3v) is 8.48. The molecule has 226 valence electrons. The molecular formula is C29H37FN6O5S. The number of cyclic esters (lactones) is 1. The molecule has 5 rings (SSSR count). The Labute approximate surface area is 249 Å².